The van der Waals surface area contributed by atoms with Crippen molar-refractivity contribution >= 4 is 17.9 Å². The van der Waals surface area contributed by atoms with Gasteiger partial charge in [0.15, 0.2) is 0 Å². The Morgan fingerprint density at radius 3 is 2.00 bits per heavy atom. The topological polar surface area (TPSA) is 115 Å². The molecule has 0 unspecified atom stereocenters. The number of hydrogen-bond acceptors (Lipinski definition) is 6. The van der Waals surface area contributed by atoms with E-state index in [4.69, 9.17) is 14.2 Å². The summed E-state index contributed by atoms with van der Waals surface area (Å²) in [7, 11) is 2.99. The molecular formula is C34H45N3O6. The number of carbonyl (C=O) groups excluding carboxylic acids is 3. The van der Waals surface area contributed by atoms with Gasteiger partial charge in [-0.1, -0.05) is 89.1 Å². The highest BCUT2D eigenvalue weighted by Gasteiger charge is 2.36. The zero-order valence-electron chi connectivity index (χ0n) is 26.3. The van der Waals surface area contributed by atoms with Crippen molar-refractivity contribution in [2.75, 3.05) is 27.4 Å². The van der Waals surface area contributed by atoms with Gasteiger partial charge >= 0.3 is 6.09 Å². The van der Waals surface area contributed by atoms with Crippen molar-refractivity contribution in [1.82, 2.24) is 16.0 Å². The summed E-state index contributed by atoms with van der Waals surface area (Å²) in [6, 6.07) is 14.5. The second kappa shape index (κ2) is 15.6. The molecule has 0 saturated carbocycles. The lowest BCUT2D eigenvalue weighted by Crippen LogP contribution is -2.58. The van der Waals surface area contributed by atoms with E-state index in [1.165, 1.54) is 14.2 Å². The number of benzene rings is 2. The first-order valence-corrected chi connectivity index (χ1v) is 14.7. The van der Waals surface area contributed by atoms with Crippen LogP contribution in [0, 0.1) is 23.2 Å². The largest absolute Gasteiger partial charge is 0.449 e. The molecule has 2 aromatic carbocycles. The predicted octanol–water partition coefficient (Wildman–Crippen LogP) is 4.60. The lowest BCUT2D eigenvalue weighted by Gasteiger charge is -2.32. The molecule has 9 nitrogen and oxygen atoms in total. The normalized spacial score (nSPS) is 13.8. The Morgan fingerprint density at radius 2 is 1.47 bits per heavy atom. The van der Waals surface area contributed by atoms with Crippen molar-refractivity contribution in [1.29, 1.82) is 0 Å². The number of hydrogen-bond donors (Lipinski definition) is 3. The Bertz CT molecular complexity index is 1270. The van der Waals surface area contributed by atoms with Crippen molar-refractivity contribution in [3.63, 3.8) is 0 Å². The van der Waals surface area contributed by atoms with E-state index in [2.05, 4.69) is 52.1 Å². The van der Waals surface area contributed by atoms with E-state index in [0.717, 1.165) is 22.3 Å². The lowest BCUT2D eigenvalue weighted by atomic mass is 9.86. The van der Waals surface area contributed by atoms with Gasteiger partial charge in [-0.25, -0.2) is 4.79 Å². The number of amides is 3. The molecule has 1 aliphatic rings. The van der Waals surface area contributed by atoms with Crippen LogP contribution in [-0.4, -0.2) is 63.7 Å². The third-order valence-corrected chi connectivity index (χ3v) is 7.27. The summed E-state index contributed by atoms with van der Waals surface area (Å²) in [6.07, 6.45) is -0.487. The summed E-state index contributed by atoms with van der Waals surface area (Å²) in [5, 5.41) is 8.46. The number of nitrogens with one attached hydrogen (secondary N) is 3. The van der Waals surface area contributed by atoms with Gasteiger partial charge in [-0.3, -0.25) is 9.59 Å². The molecule has 0 fully saturated rings. The average molecular weight is 592 g/mol. The van der Waals surface area contributed by atoms with E-state index in [0.29, 0.717) is 19.4 Å². The summed E-state index contributed by atoms with van der Waals surface area (Å²) in [5.41, 5.74) is 3.83. The lowest BCUT2D eigenvalue weighted by molar-refractivity contribution is -0.131. The maximum atomic E-state index is 13.5. The molecule has 0 heterocycles. The van der Waals surface area contributed by atoms with E-state index in [9.17, 15) is 14.4 Å². The minimum absolute atomic E-state index is 0.0984. The SMILES string of the molecule is COC(C#CCCNC(=O)[C@H](CC(C)C)NC(=O)[C@@H](NC(=O)OCC1c2ccccc2-c2ccccc21)C(C)(C)C)OC. The molecule has 3 rings (SSSR count). The molecule has 9 heteroatoms. The van der Waals surface area contributed by atoms with Crippen molar-refractivity contribution in [3.8, 4) is 23.0 Å². The zero-order valence-corrected chi connectivity index (χ0v) is 26.3. The number of rotatable bonds is 12. The molecule has 3 amide bonds. The van der Waals surface area contributed by atoms with Gasteiger partial charge in [-0.05, 0) is 45.9 Å². The summed E-state index contributed by atoms with van der Waals surface area (Å²) in [6.45, 7) is 9.94. The van der Waals surface area contributed by atoms with Gasteiger partial charge in [-0.2, -0.15) is 0 Å². The molecule has 0 aliphatic heterocycles. The third-order valence-electron chi connectivity index (χ3n) is 7.27. The molecule has 0 bridgehead atoms. The first-order chi connectivity index (χ1) is 20.5. The molecule has 232 valence electrons. The van der Waals surface area contributed by atoms with Crippen molar-refractivity contribution < 1.29 is 28.6 Å². The van der Waals surface area contributed by atoms with Crippen LogP contribution in [0.2, 0.25) is 0 Å². The molecule has 2 atom stereocenters. The van der Waals surface area contributed by atoms with E-state index in [1.807, 2.05) is 58.9 Å². The van der Waals surface area contributed by atoms with E-state index < -0.39 is 35.8 Å². The Morgan fingerprint density at radius 1 is 0.884 bits per heavy atom. The minimum atomic E-state index is -0.934. The van der Waals surface area contributed by atoms with Crippen LogP contribution in [0.3, 0.4) is 0 Å². The highest BCUT2D eigenvalue weighted by atomic mass is 16.7. The van der Waals surface area contributed by atoms with Crippen molar-refractivity contribution in [2.45, 2.75) is 71.8 Å². The number of alkyl carbamates (subject to hydrolysis) is 1. The molecule has 2 aromatic rings. The zero-order chi connectivity index (χ0) is 31.6. The van der Waals surface area contributed by atoms with Crippen LogP contribution < -0.4 is 16.0 Å². The van der Waals surface area contributed by atoms with Crippen molar-refractivity contribution in [3.05, 3.63) is 59.7 Å². The van der Waals surface area contributed by atoms with Gasteiger partial charge < -0.3 is 30.2 Å². The molecule has 0 spiro atoms. The first-order valence-electron chi connectivity index (χ1n) is 14.7. The Balaban J connectivity index is 1.63. The number of methoxy groups -OCH3 is 2. The van der Waals surface area contributed by atoms with Crippen LogP contribution in [0.15, 0.2) is 48.5 Å². The number of ether oxygens (including phenoxy) is 3. The molecule has 0 radical (unpaired) electrons. The summed E-state index contributed by atoms with van der Waals surface area (Å²) in [5.74, 6) is 4.99. The van der Waals surface area contributed by atoms with Crippen LogP contribution in [-0.2, 0) is 23.8 Å². The fourth-order valence-electron chi connectivity index (χ4n) is 5.13. The van der Waals surface area contributed by atoms with Gasteiger partial charge in [0.1, 0.15) is 18.7 Å². The van der Waals surface area contributed by atoms with Crippen LogP contribution in [0.25, 0.3) is 11.1 Å². The van der Waals surface area contributed by atoms with Crippen LogP contribution in [0.4, 0.5) is 4.79 Å². The van der Waals surface area contributed by atoms with Gasteiger partial charge in [0.2, 0.25) is 18.1 Å². The predicted molar refractivity (Wildman–Crippen MR) is 166 cm³/mol. The van der Waals surface area contributed by atoms with Gasteiger partial charge in [0, 0.05) is 33.1 Å². The second-order valence-corrected chi connectivity index (χ2v) is 12.1. The molecule has 1 aliphatic carbocycles. The smallest absolute Gasteiger partial charge is 0.407 e. The van der Waals surface area contributed by atoms with Gasteiger partial charge in [-0.15, -0.1) is 0 Å². The number of carbonyl (C=O) groups is 3. The summed E-state index contributed by atoms with van der Waals surface area (Å²) in [4.78, 5) is 39.6. The standard InChI is InChI=1S/C34H45N3O6/c1-22(2)20-28(31(38)35-19-13-12-18-29(41-6)42-7)36-32(39)30(34(3,4)5)37-33(40)43-21-27-25-16-10-8-14-23(25)24-15-9-11-17-26(24)27/h8-11,14-17,22,27-30H,13,19-21H2,1-7H3,(H,35,38)(H,36,39)(H,37,40)/t28-,30+/m0/s1. The van der Waals surface area contributed by atoms with Crippen LogP contribution in [0.1, 0.15) is 64.5 Å². The molecule has 3 N–H and O–H groups in total. The minimum Gasteiger partial charge on any atom is -0.449 e. The Hall–Kier alpha value is -3.87. The first kappa shape index (κ1) is 33.6. The average Bonchev–Trinajstić information content (AvgIpc) is 3.29. The molecule has 43 heavy (non-hydrogen) atoms. The fourth-order valence-corrected chi connectivity index (χ4v) is 5.13. The van der Waals surface area contributed by atoms with Crippen LogP contribution in [0.5, 0.6) is 0 Å². The maximum Gasteiger partial charge on any atom is 0.407 e. The molecular weight excluding hydrogens is 546 g/mol. The Labute approximate surface area is 255 Å². The van der Waals surface area contributed by atoms with E-state index in [-0.39, 0.29) is 24.3 Å². The van der Waals surface area contributed by atoms with E-state index >= 15 is 0 Å². The summed E-state index contributed by atoms with van der Waals surface area (Å²) >= 11 is 0. The van der Waals surface area contributed by atoms with Crippen molar-refractivity contribution in [2.24, 2.45) is 11.3 Å². The fraction of sp³-hybridized carbons (Fsp3) is 0.500. The second-order valence-electron chi connectivity index (χ2n) is 12.1. The van der Waals surface area contributed by atoms with Gasteiger partial charge in [0.05, 0.1) is 0 Å². The third kappa shape index (κ3) is 9.31. The van der Waals surface area contributed by atoms with Crippen LogP contribution >= 0.6 is 0 Å². The number of fused-ring (bicyclic) bond motifs is 3. The highest BCUT2D eigenvalue weighted by molar-refractivity contribution is 5.91. The highest BCUT2D eigenvalue weighted by Crippen LogP contribution is 2.44. The summed E-state index contributed by atoms with van der Waals surface area (Å²) < 4.78 is 15.8. The quantitative estimate of drug-likeness (QED) is 0.189. The van der Waals surface area contributed by atoms with Gasteiger partial charge in [0.25, 0.3) is 0 Å². The Kier molecular flexibility index (Phi) is 12.2. The maximum absolute atomic E-state index is 13.5. The monoisotopic (exact) mass is 591 g/mol. The molecule has 0 aromatic heterocycles. The van der Waals surface area contributed by atoms with E-state index in [1.54, 1.807) is 0 Å². The molecule has 0 saturated heterocycles.